The molecule has 0 radical (unpaired) electrons. The van der Waals surface area contributed by atoms with Gasteiger partial charge < -0.3 is 4.74 Å². The van der Waals surface area contributed by atoms with Crippen molar-refractivity contribution in [3.05, 3.63) is 77.4 Å². The highest BCUT2D eigenvalue weighted by Crippen LogP contribution is 2.27. The normalized spacial score (nSPS) is 15.2. The van der Waals surface area contributed by atoms with Crippen molar-refractivity contribution >= 4 is 23.4 Å². The standard InChI is InChI=1S/C22H22N2O2/c1-16(2)13-14-26-21-12-8-7-9-18(21)15-20-17(3)23-24(22(20)25)19-10-5-4-6-11-19/h4-13,15H,14H2,1-3H3/b20-15+. The summed E-state index contributed by atoms with van der Waals surface area (Å²) in [6, 6.07) is 17.1. The molecule has 4 heteroatoms. The van der Waals surface area contributed by atoms with Crippen LogP contribution in [-0.2, 0) is 4.79 Å². The van der Waals surface area contributed by atoms with Gasteiger partial charge in [0.25, 0.3) is 5.91 Å². The van der Waals surface area contributed by atoms with Crippen molar-refractivity contribution < 1.29 is 9.53 Å². The lowest BCUT2D eigenvalue weighted by Crippen LogP contribution is -2.21. The SMILES string of the molecule is CC(C)=CCOc1ccccc1/C=C1/C(=O)N(c2ccccc2)N=C1C. The van der Waals surface area contributed by atoms with Crippen LogP contribution in [0.5, 0.6) is 5.75 Å². The van der Waals surface area contributed by atoms with Crippen LogP contribution in [0.1, 0.15) is 26.3 Å². The molecule has 0 unspecified atom stereocenters. The number of benzene rings is 2. The van der Waals surface area contributed by atoms with Crippen LogP contribution in [0.15, 0.2) is 76.9 Å². The van der Waals surface area contributed by atoms with E-state index in [1.807, 2.05) is 87.5 Å². The Hall–Kier alpha value is -3.14. The number of amides is 1. The van der Waals surface area contributed by atoms with E-state index in [9.17, 15) is 4.79 Å². The van der Waals surface area contributed by atoms with Gasteiger partial charge in [-0.3, -0.25) is 4.79 Å². The van der Waals surface area contributed by atoms with E-state index in [1.165, 1.54) is 10.6 Å². The Morgan fingerprint density at radius 1 is 1.08 bits per heavy atom. The molecule has 0 saturated carbocycles. The molecule has 3 rings (SSSR count). The van der Waals surface area contributed by atoms with Crippen LogP contribution in [0.25, 0.3) is 6.08 Å². The third kappa shape index (κ3) is 3.91. The third-order valence-electron chi connectivity index (χ3n) is 4.01. The summed E-state index contributed by atoms with van der Waals surface area (Å²) in [5.74, 6) is 0.615. The van der Waals surface area contributed by atoms with Gasteiger partial charge in [-0.15, -0.1) is 0 Å². The van der Waals surface area contributed by atoms with Gasteiger partial charge in [0.2, 0.25) is 0 Å². The number of ether oxygens (including phenoxy) is 1. The van der Waals surface area contributed by atoms with E-state index in [2.05, 4.69) is 5.10 Å². The van der Waals surface area contributed by atoms with Gasteiger partial charge in [0.1, 0.15) is 12.4 Å². The molecule has 0 aromatic heterocycles. The molecular weight excluding hydrogens is 324 g/mol. The summed E-state index contributed by atoms with van der Waals surface area (Å²) >= 11 is 0. The van der Waals surface area contributed by atoms with Crippen molar-refractivity contribution in [1.29, 1.82) is 0 Å². The minimum Gasteiger partial charge on any atom is -0.489 e. The second-order valence-corrected chi connectivity index (χ2v) is 6.33. The highest BCUT2D eigenvalue weighted by atomic mass is 16.5. The number of carbonyl (C=O) groups excluding carboxylic acids is 1. The van der Waals surface area contributed by atoms with Gasteiger partial charge in [-0.25, -0.2) is 0 Å². The summed E-state index contributed by atoms with van der Waals surface area (Å²) in [4.78, 5) is 12.8. The fourth-order valence-electron chi connectivity index (χ4n) is 2.61. The molecule has 0 spiro atoms. The summed E-state index contributed by atoms with van der Waals surface area (Å²) in [5.41, 5.74) is 4.09. The van der Waals surface area contributed by atoms with Crippen LogP contribution >= 0.6 is 0 Å². The quantitative estimate of drug-likeness (QED) is 0.574. The fraction of sp³-hybridized carbons (Fsp3) is 0.182. The van der Waals surface area contributed by atoms with Gasteiger partial charge in [-0.05, 0) is 51.1 Å². The molecule has 2 aromatic carbocycles. The maximum absolute atomic E-state index is 12.8. The molecule has 1 amide bonds. The number of hydrazone groups is 1. The molecule has 2 aromatic rings. The third-order valence-corrected chi connectivity index (χ3v) is 4.01. The number of hydrogen-bond acceptors (Lipinski definition) is 3. The average Bonchev–Trinajstić information content (AvgIpc) is 2.92. The number of rotatable bonds is 5. The maximum atomic E-state index is 12.8. The van der Waals surface area contributed by atoms with Crippen LogP contribution in [0, 0.1) is 0 Å². The van der Waals surface area contributed by atoms with E-state index in [0.717, 1.165) is 17.0 Å². The largest absolute Gasteiger partial charge is 0.489 e. The van der Waals surface area contributed by atoms with Crippen LogP contribution in [0.4, 0.5) is 5.69 Å². The lowest BCUT2D eigenvalue weighted by Gasteiger charge is -2.11. The summed E-state index contributed by atoms with van der Waals surface area (Å²) in [6.07, 6.45) is 3.87. The van der Waals surface area contributed by atoms with Crippen molar-refractivity contribution in [3.8, 4) is 5.75 Å². The number of anilines is 1. The van der Waals surface area contributed by atoms with Crippen molar-refractivity contribution in [3.63, 3.8) is 0 Å². The summed E-state index contributed by atoms with van der Waals surface area (Å²) in [6.45, 7) is 6.41. The minimum atomic E-state index is -0.132. The van der Waals surface area contributed by atoms with Crippen LogP contribution in [-0.4, -0.2) is 18.2 Å². The van der Waals surface area contributed by atoms with Crippen LogP contribution in [0.3, 0.4) is 0 Å². The Balaban J connectivity index is 1.88. The zero-order valence-corrected chi connectivity index (χ0v) is 15.3. The average molecular weight is 346 g/mol. The van der Waals surface area contributed by atoms with E-state index in [4.69, 9.17) is 4.74 Å². The predicted octanol–water partition coefficient (Wildman–Crippen LogP) is 4.84. The van der Waals surface area contributed by atoms with E-state index < -0.39 is 0 Å². The molecule has 0 N–H and O–H groups in total. The first-order valence-electron chi connectivity index (χ1n) is 8.58. The molecule has 26 heavy (non-hydrogen) atoms. The molecule has 0 bridgehead atoms. The smallest absolute Gasteiger partial charge is 0.280 e. The second kappa shape index (κ2) is 7.83. The Morgan fingerprint density at radius 3 is 2.50 bits per heavy atom. The van der Waals surface area contributed by atoms with Crippen molar-refractivity contribution in [1.82, 2.24) is 0 Å². The highest BCUT2D eigenvalue weighted by molar-refractivity contribution is 6.32. The maximum Gasteiger partial charge on any atom is 0.280 e. The van der Waals surface area contributed by atoms with Gasteiger partial charge in [-0.1, -0.05) is 42.0 Å². The Morgan fingerprint density at radius 2 is 1.77 bits per heavy atom. The lowest BCUT2D eigenvalue weighted by molar-refractivity contribution is -0.114. The first-order chi connectivity index (χ1) is 12.6. The number of hydrogen-bond donors (Lipinski definition) is 0. The first kappa shape index (κ1) is 17.7. The predicted molar refractivity (Wildman–Crippen MR) is 106 cm³/mol. The van der Waals surface area contributed by atoms with E-state index >= 15 is 0 Å². The number of allylic oxidation sites excluding steroid dienone is 1. The Labute approximate surface area is 154 Å². The molecule has 132 valence electrons. The molecule has 0 fully saturated rings. The monoisotopic (exact) mass is 346 g/mol. The number of para-hydroxylation sites is 2. The van der Waals surface area contributed by atoms with Gasteiger partial charge in [0, 0.05) is 5.56 Å². The van der Waals surface area contributed by atoms with E-state index in [1.54, 1.807) is 0 Å². The molecule has 1 aliphatic rings. The summed E-state index contributed by atoms with van der Waals surface area (Å²) < 4.78 is 5.85. The van der Waals surface area contributed by atoms with Crippen molar-refractivity contribution in [2.24, 2.45) is 5.10 Å². The van der Waals surface area contributed by atoms with Gasteiger partial charge >= 0.3 is 0 Å². The van der Waals surface area contributed by atoms with Crippen LogP contribution < -0.4 is 9.75 Å². The topological polar surface area (TPSA) is 41.9 Å². The fourth-order valence-corrected chi connectivity index (χ4v) is 2.61. The highest BCUT2D eigenvalue weighted by Gasteiger charge is 2.28. The van der Waals surface area contributed by atoms with Crippen LogP contribution in [0.2, 0.25) is 0 Å². The number of nitrogens with zero attached hydrogens (tertiary/aromatic N) is 2. The lowest BCUT2D eigenvalue weighted by atomic mass is 10.1. The minimum absolute atomic E-state index is 0.132. The second-order valence-electron chi connectivity index (χ2n) is 6.33. The summed E-state index contributed by atoms with van der Waals surface area (Å²) in [7, 11) is 0. The Kier molecular flexibility index (Phi) is 5.32. The van der Waals surface area contributed by atoms with Gasteiger partial charge in [-0.2, -0.15) is 10.1 Å². The molecule has 1 aliphatic heterocycles. The molecular formula is C22H22N2O2. The number of carbonyl (C=O) groups is 1. The van der Waals surface area contributed by atoms with Gasteiger partial charge in [0.05, 0.1) is 17.0 Å². The molecule has 4 nitrogen and oxygen atoms in total. The molecule has 1 heterocycles. The molecule has 0 aliphatic carbocycles. The molecule has 0 atom stereocenters. The first-order valence-corrected chi connectivity index (χ1v) is 8.58. The van der Waals surface area contributed by atoms with Crippen molar-refractivity contribution in [2.45, 2.75) is 20.8 Å². The van der Waals surface area contributed by atoms with E-state index in [-0.39, 0.29) is 5.91 Å². The van der Waals surface area contributed by atoms with Gasteiger partial charge in [0.15, 0.2) is 0 Å². The molecule has 0 saturated heterocycles. The zero-order chi connectivity index (χ0) is 18.5. The zero-order valence-electron chi connectivity index (χ0n) is 15.3. The Bertz CT molecular complexity index is 891. The summed E-state index contributed by atoms with van der Waals surface area (Å²) in [5, 5.41) is 5.85. The van der Waals surface area contributed by atoms with E-state index in [0.29, 0.717) is 17.9 Å². The van der Waals surface area contributed by atoms with Crippen molar-refractivity contribution in [2.75, 3.05) is 11.6 Å².